The molecule has 3 aromatic rings. The first-order valence-electron chi connectivity index (χ1n) is 11.1. The molecule has 2 heterocycles. The van der Waals surface area contributed by atoms with Crippen molar-refractivity contribution < 1.29 is 18.0 Å². The third-order valence-corrected chi connectivity index (χ3v) is 8.26. The summed E-state index contributed by atoms with van der Waals surface area (Å²) in [5.41, 5.74) is 12.6. The number of nitrogens with one attached hydrogen (secondary N) is 2. The van der Waals surface area contributed by atoms with E-state index in [9.17, 15) is 13.2 Å². The van der Waals surface area contributed by atoms with E-state index in [2.05, 4.69) is 16.5 Å². The normalized spacial score (nSPS) is 15.8. The molecule has 0 atom stereocenters. The van der Waals surface area contributed by atoms with Gasteiger partial charge in [-0.05, 0) is 54.0 Å². The topological polar surface area (TPSA) is 118 Å². The van der Waals surface area contributed by atoms with Gasteiger partial charge < -0.3 is 15.6 Å². The molecule has 176 valence electrons. The number of aromatic amines is 1. The summed E-state index contributed by atoms with van der Waals surface area (Å²) in [4.78, 5) is 20.2. The number of carbonyl (C=O) groups excluding carboxylic acids is 1. The van der Waals surface area contributed by atoms with Crippen LogP contribution in [-0.2, 0) is 14.9 Å². The van der Waals surface area contributed by atoms with E-state index in [0.29, 0.717) is 31.6 Å². The van der Waals surface area contributed by atoms with Crippen LogP contribution in [0.4, 0.5) is 0 Å². The molecule has 33 heavy (non-hydrogen) atoms. The zero-order valence-corrected chi connectivity index (χ0v) is 19.5. The molecule has 4 rings (SSSR count). The van der Waals surface area contributed by atoms with Crippen molar-refractivity contribution >= 4 is 26.8 Å². The minimum absolute atomic E-state index is 0.101. The number of rotatable bonds is 9. The summed E-state index contributed by atoms with van der Waals surface area (Å²) in [6, 6.07) is 13.8. The van der Waals surface area contributed by atoms with Gasteiger partial charge in [0.05, 0.1) is 23.9 Å². The van der Waals surface area contributed by atoms with Crippen molar-refractivity contribution in [1.29, 1.82) is 0 Å². The highest BCUT2D eigenvalue weighted by Gasteiger charge is 2.30. The fourth-order valence-corrected chi connectivity index (χ4v) is 6.12. The maximum atomic E-state index is 12.7. The van der Waals surface area contributed by atoms with Crippen LogP contribution >= 0.6 is 0 Å². The van der Waals surface area contributed by atoms with Gasteiger partial charge in [-0.2, -0.15) is 0 Å². The summed E-state index contributed by atoms with van der Waals surface area (Å²) in [5, 5.41) is 0.970. The van der Waals surface area contributed by atoms with Gasteiger partial charge in [0.25, 0.3) is 5.91 Å². The number of carbonyl (C=O) groups is 1. The van der Waals surface area contributed by atoms with E-state index in [4.69, 9.17) is 10.6 Å². The van der Waals surface area contributed by atoms with Gasteiger partial charge in [-0.15, -0.1) is 0 Å². The Balaban J connectivity index is 1.56. The maximum absolute atomic E-state index is 12.7. The number of nitrogens with zero attached hydrogens (tertiary/aromatic N) is 1. The molecule has 0 aliphatic carbocycles. The van der Waals surface area contributed by atoms with Crippen LogP contribution in [0.15, 0.2) is 48.7 Å². The van der Waals surface area contributed by atoms with Crippen LogP contribution in [0.5, 0.6) is 0 Å². The van der Waals surface area contributed by atoms with Crippen molar-refractivity contribution in [2.75, 3.05) is 32.5 Å². The number of fused-ring (bicyclic) bond motifs is 1. The van der Waals surface area contributed by atoms with Gasteiger partial charge >= 0.3 is 0 Å². The number of hydrogen-bond donors (Lipinski definition) is 3. The van der Waals surface area contributed by atoms with Crippen LogP contribution in [-0.4, -0.2) is 56.1 Å². The summed E-state index contributed by atoms with van der Waals surface area (Å²) in [6.07, 6.45) is 3.89. The zero-order valence-electron chi connectivity index (χ0n) is 18.7. The third-order valence-electron chi connectivity index (χ3n) is 6.31. The Morgan fingerprint density at radius 3 is 2.58 bits per heavy atom. The number of sulfonamides is 1. The molecular weight excluding hydrogens is 440 g/mol. The number of primary amides is 1. The molecular formula is C24H30N4O4S. The second kappa shape index (κ2) is 10.0. The Labute approximate surface area is 194 Å². The third kappa shape index (κ3) is 5.11. The van der Waals surface area contributed by atoms with E-state index in [1.807, 2.05) is 42.6 Å². The number of benzene rings is 2. The summed E-state index contributed by atoms with van der Waals surface area (Å²) in [5.74, 6) is -0.175. The summed E-state index contributed by atoms with van der Waals surface area (Å²) >= 11 is 0. The molecule has 0 radical (unpaired) electrons. The van der Waals surface area contributed by atoms with Crippen molar-refractivity contribution in [2.45, 2.75) is 25.2 Å². The number of piperidine rings is 1. The smallest absolute Gasteiger partial charge is 0.250 e. The monoisotopic (exact) mass is 470 g/mol. The molecule has 1 fully saturated rings. The zero-order chi connectivity index (χ0) is 23.4. The highest BCUT2D eigenvalue weighted by molar-refractivity contribution is 7.89. The molecule has 8 nitrogen and oxygen atoms in total. The lowest BCUT2D eigenvalue weighted by Crippen LogP contribution is -2.39. The predicted octanol–water partition coefficient (Wildman–Crippen LogP) is 2.98. The van der Waals surface area contributed by atoms with E-state index in [-0.39, 0.29) is 11.7 Å². The molecule has 0 bridgehead atoms. The first kappa shape index (κ1) is 23.4. The largest absolute Gasteiger partial charge is 0.366 e. The van der Waals surface area contributed by atoms with Gasteiger partial charge in [0, 0.05) is 31.2 Å². The highest BCUT2D eigenvalue weighted by Crippen LogP contribution is 2.37. The minimum atomic E-state index is -3.29. The molecule has 0 spiro atoms. The maximum Gasteiger partial charge on any atom is 0.250 e. The van der Waals surface area contributed by atoms with Crippen molar-refractivity contribution in [3.05, 3.63) is 59.8 Å². The quantitative estimate of drug-likeness (QED) is 0.328. The van der Waals surface area contributed by atoms with Gasteiger partial charge in [-0.3, -0.25) is 4.79 Å². The van der Waals surface area contributed by atoms with Crippen molar-refractivity contribution in [2.24, 2.45) is 5.73 Å². The number of aromatic nitrogens is 1. The number of hydrogen-bond acceptors (Lipinski definition) is 5. The molecule has 0 saturated carbocycles. The molecule has 1 saturated heterocycles. The lowest BCUT2D eigenvalue weighted by molar-refractivity contribution is 0.0921. The van der Waals surface area contributed by atoms with E-state index in [1.54, 1.807) is 4.31 Å². The molecule has 1 aromatic heterocycles. The van der Waals surface area contributed by atoms with Crippen LogP contribution in [0, 0.1) is 0 Å². The Morgan fingerprint density at radius 1 is 1.18 bits per heavy atom. The molecule has 2 aromatic carbocycles. The fraction of sp³-hybridized carbons (Fsp3) is 0.375. The van der Waals surface area contributed by atoms with E-state index < -0.39 is 15.9 Å². The molecule has 1 amide bonds. The average Bonchev–Trinajstić information content (AvgIpc) is 3.26. The van der Waals surface area contributed by atoms with Gasteiger partial charge in [0.1, 0.15) is 0 Å². The Bertz CT molecular complexity index is 1220. The van der Waals surface area contributed by atoms with E-state index in [0.717, 1.165) is 40.4 Å². The van der Waals surface area contributed by atoms with Crippen molar-refractivity contribution in [3.8, 4) is 11.1 Å². The Kier molecular flexibility index (Phi) is 7.14. The van der Waals surface area contributed by atoms with Gasteiger partial charge in [-0.25, -0.2) is 18.2 Å². The second-order valence-electron chi connectivity index (χ2n) is 8.36. The van der Waals surface area contributed by atoms with Crippen LogP contribution in [0.25, 0.3) is 22.0 Å². The molecule has 1 aliphatic heterocycles. The van der Waals surface area contributed by atoms with Gasteiger partial charge in [0.15, 0.2) is 0 Å². The van der Waals surface area contributed by atoms with Gasteiger partial charge in [0.2, 0.25) is 10.0 Å². The standard InChI is InChI=1S/C24H30N4O4S/c1-32-27-10-5-13-33(30,31)28-11-8-18(9-12-28)22-16-26-23-20(22)14-19(15-21(23)24(25)29)17-6-3-2-4-7-17/h2-4,6-7,14-16,18,26-27H,5,8-13H2,1H3,(H2,25,29). The molecule has 9 heteroatoms. The Morgan fingerprint density at radius 2 is 1.91 bits per heavy atom. The van der Waals surface area contributed by atoms with Crippen LogP contribution in [0.1, 0.15) is 41.1 Å². The minimum Gasteiger partial charge on any atom is -0.366 e. The first-order valence-corrected chi connectivity index (χ1v) is 12.8. The van der Waals surface area contributed by atoms with E-state index >= 15 is 0 Å². The van der Waals surface area contributed by atoms with Gasteiger partial charge in [-0.1, -0.05) is 30.3 Å². The van der Waals surface area contributed by atoms with Crippen molar-refractivity contribution in [3.63, 3.8) is 0 Å². The summed E-state index contributed by atoms with van der Waals surface area (Å²) < 4.78 is 26.9. The number of amides is 1. The van der Waals surface area contributed by atoms with Crippen LogP contribution < -0.4 is 11.2 Å². The summed E-state index contributed by atoms with van der Waals surface area (Å²) in [6.45, 7) is 1.46. The summed E-state index contributed by atoms with van der Waals surface area (Å²) in [7, 11) is -1.78. The Hall–Kier alpha value is -2.72. The lowest BCUT2D eigenvalue weighted by atomic mass is 9.88. The number of hydroxylamine groups is 1. The average molecular weight is 471 g/mol. The predicted molar refractivity (Wildman–Crippen MR) is 129 cm³/mol. The van der Waals surface area contributed by atoms with Crippen LogP contribution in [0.2, 0.25) is 0 Å². The first-order chi connectivity index (χ1) is 15.9. The lowest BCUT2D eigenvalue weighted by Gasteiger charge is -2.31. The second-order valence-corrected chi connectivity index (χ2v) is 10.5. The number of nitrogens with two attached hydrogens (primary N) is 1. The van der Waals surface area contributed by atoms with E-state index in [1.165, 1.54) is 7.11 Å². The molecule has 1 aliphatic rings. The SMILES string of the molecule is CONCCCS(=O)(=O)N1CCC(c2c[nH]c3c(C(N)=O)cc(-c4ccccc4)cc23)CC1. The van der Waals surface area contributed by atoms with Crippen molar-refractivity contribution in [1.82, 2.24) is 14.8 Å². The van der Waals surface area contributed by atoms with Crippen LogP contribution in [0.3, 0.4) is 0 Å². The molecule has 0 unspecified atom stereocenters. The highest BCUT2D eigenvalue weighted by atomic mass is 32.2. The molecule has 4 N–H and O–H groups in total. The number of H-pyrrole nitrogens is 1. The fourth-order valence-electron chi connectivity index (χ4n) is 4.59.